The molecule has 4 rings (SSSR count). The smallest absolute Gasteiger partial charge is 0.262 e. The lowest BCUT2D eigenvalue weighted by Crippen LogP contribution is -2.21. The quantitative estimate of drug-likeness (QED) is 0.564. The predicted octanol–water partition coefficient (Wildman–Crippen LogP) is 4.36. The molecular formula is C24H24N2O5. The zero-order valence-corrected chi connectivity index (χ0v) is 17.4. The lowest BCUT2D eigenvalue weighted by atomic mass is 10.1. The minimum atomic E-state index is -0.246. The first-order chi connectivity index (χ1) is 15.1. The molecule has 0 bridgehead atoms. The first-order valence-electron chi connectivity index (χ1n) is 9.91. The molecule has 0 spiro atoms. The van der Waals surface area contributed by atoms with Crippen LogP contribution in [0.3, 0.4) is 0 Å². The lowest BCUT2D eigenvalue weighted by Gasteiger charge is -2.16. The van der Waals surface area contributed by atoms with Crippen molar-refractivity contribution in [2.75, 3.05) is 31.1 Å². The minimum Gasteiger partial charge on any atom is -0.493 e. The number of anilines is 2. The first-order valence-corrected chi connectivity index (χ1v) is 9.91. The standard InChI is InChI=1S/C24H24N2O5/c1-16-6-8-18(9-7-16)26-23(27)14-29-24-17(4-3-5-21(24)28-2)13-25-19-10-11-20-22(12-19)31-15-30-20/h3-12,25H,13-15H2,1-2H3,(H,26,27). The fraction of sp³-hybridized carbons (Fsp3) is 0.208. The molecule has 0 aromatic heterocycles. The SMILES string of the molecule is COc1cccc(CNc2ccc3c(c2)OCO3)c1OCC(=O)Nc1ccc(C)cc1. The number of aryl methyl sites for hydroxylation is 1. The van der Waals surface area contributed by atoms with E-state index in [1.165, 1.54) is 0 Å². The van der Waals surface area contributed by atoms with Crippen molar-refractivity contribution in [3.8, 4) is 23.0 Å². The molecule has 7 heteroatoms. The van der Waals surface area contributed by atoms with Crippen LogP contribution in [0, 0.1) is 6.92 Å². The van der Waals surface area contributed by atoms with Crippen molar-refractivity contribution in [2.45, 2.75) is 13.5 Å². The fourth-order valence-corrected chi connectivity index (χ4v) is 3.20. The number of hydrogen-bond donors (Lipinski definition) is 2. The highest BCUT2D eigenvalue weighted by Crippen LogP contribution is 2.35. The summed E-state index contributed by atoms with van der Waals surface area (Å²) in [6.07, 6.45) is 0. The molecule has 0 saturated heterocycles. The van der Waals surface area contributed by atoms with Gasteiger partial charge in [-0.2, -0.15) is 0 Å². The average molecular weight is 420 g/mol. The first kappa shape index (κ1) is 20.4. The summed E-state index contributed by atoms with van der Waals surface area (Å²) in [6, 6.07) is 18.9. The molecule has 1 heterocycles. The normalized spacial score (nSPS) is 11.7. The van der Waals surface area contributed by atoms with E-state index in [9.17, 15) is 4.79 Å². The second-order valence-electron chi connectivity index (χ2n) is 7.07. The predicted molar refractivity (Wildman–Crippen MR) is 118 cm³/mol. The van der Waals surface area contributed by atoms with Crippen molar-refractivity contribution in [2.24, 2.45) is 0 Å². The largest absolute Gasteiger partial charge is 0.493 e. The summed E-state index contributed by atoms with van der Waals surface area (Å²) in [4.78, 5) is 12.4. The molecule has 0 unspecified atom stereocenters. The molecule has 7 nitrogen and oxygen atoms in total. The van der Waals surface area contributed by atoms with Crippen LogP contribution in [-0.2, 0) is 11.3 Å². The third-order valence-corrected chi connectivity index (χ3v) is 4.82. The van der Waals surface area contributed by atoms with Gasteiger partial charge in [-0.25, -0.2) is 0 Å². The van der Waals surface area contributed by atoms with Gasteiger partial charge in [-0.1, -0.05) is 29.8 Å². The number of amides is 1. The number of nitrogens with one attached hydrogen (secondary N) is 2. The highest BCUT2D eigenvalue weighted by molar-refractivity contribution is 5.91. The maximum absolute atomic E-state index is 12.4. The number of methoxy groups -OCH3 is 1. The molecule has 160 valence electrons. The van der Waals surface area contributed by atoms with Crippen LogP contribution >= 0.6 is 0 Å². The van der Waals surface area contributed by atoms with Crippen LogP contribution in [0.4, 0.5) is 11.4 Å². The van der Waals surface area contributed by atoms with E-state index in [1.807, 2.05) is 61.5 Å². The number of fused-ring (bicyclic) bond motifs is 1. The molecule has 31 heavy (non-hydrogen) atoms. The van der Waals surface area contributed by atoms with Crippen molar-refractivity contribution in [3.05, 3.63) is 71.8 Å². The number of ether oxygens (including phenoxy) is 4. The summed E-state index contributed by atoms with van der Waals surface area (Å²) in [5, 5.41) is 6.18. The number of rotatable bonds is 8. The molecule has 2 N–H and O–H groups in total. The Kier molecular flexibility index (Phi) is 6.12. The number of carbonyl (C=O) groups excluding carboxylic acids is 1. The van der Waals surface area contributed by atoms with Crippen LogP contribution in [0.5, 0.6) is 23.0 Å². The number of carbonyl (C=O) groups is 1. The maximum atomic E-state index is 12.4. The molecule has 0 aliphatic carbocycles. The number of hydrogen-bond acceptors (Lipinski definition) is 6. The van der Waals surface area contributed by atoms with E-state index in [0.29, 0.717) is 23.8 Å². The molecule has 1 aliphatic heterocycles. The van der Waals surface area contributed by atoms with Crippen molar-refractivity contribution in [1.82, 2.24) is 0 Å². The second-order valence-corrected chi connectivity index (χ2v) is 7.07. The minimum absolute atomic E-state index is 0.134. The molecule has 0 saturated carbocycles. The van der Waals surface area contributed by atoms with Crippen LogP contribution in [0.1, 0.15) is 11.1 Å². The van der Waals surface area contributed by atoms with Crippen LogP contribution < -0.4 is 29.6 Å². The van der Waals surface area contributed by atoms with Gasteiger partial charge in [-0.3, -0.25) is 4.79 Å². The van der Waals surface area contributed by atoms with Gasteiger partial charge in [0.25, 0.3) is 5.91 Å². The lowest BCUT2D eigenvalue weighted by molar-refractivity contribution is -0.118. The Labute approximate surface area is 180 Å². The van der Waals surface area contributed by atoms with E-state index in [2.05, 4.69) is 10.6 Å². The fourth-order valence-electron chi connectivity index (χ4n) is 3.20. The van der Waals surface area contributed by atoms with Crippen LogP contribution in [0.2, 0.25) is 0 Å². The van der Waals surface area contributed by atoms with Crippen LogP contribution in [0.25, 0.3) is 0 Å². The molecule has 1 aliphatic rings. The summed E-state index contributed by atoms with van der Waals surface area (Å²) in [5.74, 6) is 2.28. The van der Waals surface area contributed by atoms with Gasteiger partial charge in [0.05, 0.1) is 7.11 Å². The van der Waals surface area contributed by atoms with Gasteiger partial charge in [-0.05, 0) is 37.3 Å². The molecule has 0 fully saturated rings. The number of benzene rings is 3. The van der Waals surface area contributed by atoms with Crippen LogP contribution in [0.15, 0.2) is 60.7 Å². The number of para-hydroxylation sites is 1. The third-order valence-electron chi connectivity index (χ3n) is 4.82. The van der Waals surface area contributed by atoms with Crippen molar-refractivity contribution >= 4 is 17.3 Å². The zero-order chi connectivity index (χ0) is 21.6. The molecule has 0 atom stereocenters. The Morgan fingerprint density at radius 3 is 2.58 bits per heavy atom. The van der Waals surface area contributed by atoms with Crippen molar-refractivity contribution < 1.29 is 23.7 Å². The Hall–Kier alpha value is -3.87. The monoisotopic (exact) mass is 420 g/mol. The van der Waals surface area contributed by atoms with Gasteiger partial charge < -0.3 is 29.6 Å². The van der Waals surface area contributed by atoms with Gasteiger partial charge >= 0.3 is 0 Å². The van der Waals surface area contributed by atoms with E-state index >= 15 is 0 Å². The summed E-state index contributed by atoms with van der Waals surface area (Å²) < 4.78 is 22.1. The van der Waals surface area contributed by atoms with Gasteiger partial charge in [0.15, 0.2) is 29.6 Å². The van der Waals surface area contributed by atoms with Gasteiger partial charge in [0.1, 0.15) is 0 Å². The van der Waals surface area contributed by atoms with Gasteiger partial charge in [-0.15, -0.1) is 0 Å². The summed E-state index contributed by atoms with van der Waals surface area (Å²) in [5.41, 5.74) is 3.60. The van der Waals surface area contributed by atoms with E-state index in [1.54, 1.807) is 13.2 Å². The Balaban J connectivity index is 1.42. The molecule has 1 amide bonds. The highest BCUT2D eigenvalue weighted by Gasteiger charge is 2.15. The summed E-state index contributed by atoms with van der Waals surface area (Å²) in [7, 11) is 1.57. The van der Waals surface area contributed by atoms with Crippen LogP contribution in [-0.4, -0.2) is 26.4 Å². The van der Waals surface area contributed by atoms with Crippen molar-refractivity contribution in [3.63, 3.8) is 0 Å². The van der Waals surface area contributed by atoms with Gasteiger partial charge in [0, 0.05) is 29.5 Å². The van der Waals surface area contributed by atoms with Crippen molar-refractivity contribution in [1.29, 1.82) is 0 Å². The van der Waals surface area contributed by atoms with Gasteiger partial charge in [0.2, 0.25) is 6.79 Å². The topological polar surface area (TPSA) is 78.1 Å². The Morgan fingerprint density at radius 2 is 1.77 bits per heavy atom. The maximum Gasteiger partial charge on any atom is 0.262 e. The molecular weight excluding hydrogens is 396 g/mol. The van der Waals surface area contributed by atoms with E-state index in [-0.39, 0.29) is 19.3 Å². The van der Waals surface area contributed by atoms with E-state index in [4.69, 9.17) is 18.9 Å². The zero-order valence-electron chi connectivity index (χ0n) is 17.4. The highest BCUT2D eigenvalue weighted by atomic mass is 16.7. The molecule has 3 aromatic carbocycles. The average Bonchev–Trinajstić information content (AvgIpc) is 3.26. The Bertz CT molecular complexity index is 1070. The summed E-state index contributed by atoms with van der Waals surface area (Å²) >= 11 is 0. The second kappa shape index (κ2) is 9.30. The summed E-state index contributed by atoms with van der Waals surface area (Å²) in [6.45, 7) is 2.57. The van der Waals surface area contributed by atoms with E-state index < -0.39 is 0 Å². The third kappa shape index (κ3) is 5.01. The Morgan fingerprint density at radius 1 is 1.00 bits per heavy atom. The van der Waals surface area contributed by atoms with E-state index in [0.717, 1.165) is 28.3 Å². The molecule has 0 radical (unpaired) electrons. The molecule has 3 aromatic rings.